The molecule has 0 aromatic carbocycles. The average Bonchev–Trinajstić information content (AvgIpc) is 3.11. The van der Waals surface area contributed by atoms with E-state index >= 15 is 0 Å². The van der Waals surface area contributed by atoms with Gasteiger partial charge in [0, 0.05) is 12.1 Å². The van der Waals surface area contributed by atoms with Crippen molar-refractivity contribution in [3.05, 3.63) is 22.2 Å². The summed E-state index contributed by atoms with van der Waals surface area (Å²) in [6.07, 6.45) is 4.77. The third-order valence-corrected chi connectivity index (χ3v) is 3.26. The molecule has 0 aliphatic heterocycles. The van der Waals surface area contributed by atoms with Crippen molar-refractivity contribution in [1.29, 1.82) is 0 Å². The molecule has 0 saturated heterocycles. The number of nitro groups is 1. The van der Waals surface area contributed by atoms with Crippen LogP contribution in [0.15, 0.2) is 12.1 Å². The molecule has 1 unspecified atom stereocenters. The highest BCUT2D eigenvalue weighted by atomic mass is 16.6. The van der Waals surface area contributed by atoms with Crippen LogP contribution in [-0.2, 0) is 0 Å². The second kappa shape index (κ2) is 5.20. The van der Waals surface area contributed by atoms with Crippen molar-refractivity contribution in [2.75, 3.05) is 11.1 Å². The van der Waals surface area contributed by atoms with E-state index in [-0.39, 0.29) is 11.5 Å². The highest BCUT2D eigenvalue weighted by Crippen LogP contribution is 2.34. The van der Waals surface area contributed by atoms with Crippen LogP contribution in [0.5, 0.6) is 0 Å². The van der Waals surface area contributed by atoms with Gasteiger partial charge < -0.3 is 11.1 Å². The molecule has 1 aliphatic carbocycles. The standard InChI is InChI=1S/C12H18N4O2/c1-2-9(7-8-3-4-8)14-11-6-5-10(16(17)18)12(13)15-11/h5-6,8-9H,2-4,7H2,1H3,(H3,13,14,15). The van der Waals surface area contributed by atoms with Gasteiger partial charge in [-0.3, -0.25) is 10.1 Å². The SMILES string of the molecule is CCC(CC1CC1)Nc1ccc([N+](=O)[O-])c(N)n1. The highest BCUT2D eigenvalue weighted by molar-refractivity contribution is 5.57. The summed E-state index contributed by atoms with van der Waals surface area (Å²) in [5.74, 6) is 1.41. The molecule has 18 heavy (non-hydrogen) atoms. The first kappa shape index (κ1) is 12.6. The van der Waals surface area contributed by atoms with Gasteiger partial charge in [0.25, 0.3) is 0 Å². The van der Waals surface area contributed by atoms with E-state index in [2.05, 4.69) is 17.2 Å². The summed E-state index contributed by atoms with van der Waals surface area (Å²) < 4.78 is 0. The Kier molecular flexibility index (Phi) is 3.64. The minimum Gasteiger partial charge on any atom is -0.378 e. The summed E-state index contributed by atoms with van der Waals surface area (Å²) >= 11 is 0. The quantitative estimate of drug-likeness (QED) is 0.597. The fraction of sp³-hybridized carbons (Fsp3) is 0.583. The molecule has 0 spiro atoms. The minimum atomic E-state index is -0.520. The Hall–Kier alpha value is -1.85. The summed E-state index contributed by atoms with van der Waals surface area (Å²) in [4.78, 5) is 14.1. The number of nitrogens with one attached hydrogen (secondary N) is 1. The number of nitrogens with two attached hydrogens (primary N) is 1. The van der Waals surface area contributed by atoms with E-state index in [9.17, 15) is 10.1 Å². The molecular weight excluding hydrogens is 232 g/mol. The van der Waals surface area contributed by atoms with E-state index < -0.39 is 4.92 Å². The van der Waals surface area contributed by atoms with Gasteiger partial charge in [-0.1, -0.05) is 19.8 Å². The summed E-state index contributed by atoms with van der Waals surface area (Å²) in [6, 6.07) is 3.38. The van der Waals surface area contributed by atoms with Crippen LogP contribution < -0.4 is 11.1 Å². The van der Waals surface area contributed by atoms with Crippen LogP contribution in [0.3, 0.4) is 0 Å². The van der Waals surface area contributed by atoms with E-state index in [1.165, 1.54) is 18.9 Å². The van der Waals surface area contributed by atoms with Gasteiger partial charge in [0.2, 0.25) is 5.82 Å². The lowest BCUT2D eigenvalue weighted by Gasteiger charge is -2.17. The second-order valence-electron chi connectivity index (χ2n) is 4.79. The zero-order chi connectivity index (χ0) is 13.1. The average molecular weight is 250 g/mol. The maximum atomic E-state index is 10.6. The lowest BCUT2D eigenvalue weighted by atomic mass is 10.1. The van der Waals surface area contributed by atoms with E-state index in [4.69, 9.17) is 5.73 Å². The number of hydrogen-bond acceptors (Lipinski definition) is 5. The summed E-state index contributed by atoms with van der Waals surface area (Å²) in [5, 5.41) is 13.9. The topological polar surface area (TPSA) is 94.1 Å². The Morgan fingerprint density at radius 1 is 1.61 bits per heavy atom. The zero-order valence-electron chi connectivity index (χ0n) is 10.4. The first-order valence-corrected chi connectivity index (χ1v) is 6.27. The number of nitrogen functional groups attached to an aromatic ring is 1. The first-order chi connectivity index (χ1) is 8.60. The van der Waals surface area contributed by atoms with E-state index in [1.807, 2.05) is 0 Å². The number of aromatic nitrogens is 1. The van der Waals surface area contributed by atoms with Crippen LogP contribution in [0.25, 0.3) is 0 Å². The predicted octanol–water partition coefficient (Wildman–Crippen LogP) is 2.56. The predicted molar refractivity (Wildman–Crippen MR) is 70.3 cm³/mol. The first-order valence-electron chi connectivity index (χ1n) is 6.27. The van der Waals surface area contributed by atoms with E-state index in [0.717, 1.165) is 18.8 Å². The molecule has 1 aliphatic rings. The van der Waals surface area contributed by atoms with Gasteiger partial charge >= 0.3 is 5.69 Å². The van der Waals surface area contributed by atoms with Gasteiger partial charge in [0.1, 0.15) is 5.82 Å². The third kappa shape index (κ3) is 3.09. The Morgan fingerprint density at radius 3 is 2.83 bits per heavy atom. The Bertz CT molecular complexity index is 446. The van der Waals surface area contributed by atoms with Crippen molar-refractivity contribution in [3.8, 4) is 0 Å². The number of nitrogens with zero attached hydrogens (tertiary/aromatic N) is 2. The number of rotatable bonds is 6. The van der Waals surface area contributed by atoms with Gasteiger partial charge in [0.05, 0.1) is 4.92 Å². The summed E-state index contributed by atoms with van der Waals surface area (Å²) in [7, 11) is 0. The van der Waals surface area contributed by atoms with Crippen molar-refractivity contribution in [1.82, 2.24) is 4.98 Å². The van der Waals surface area contributed by atoms with Crippen LogP contribution in [-0.4, -0.2) is 15.9 Å². The van der Waals surface area contributed by atoms with Gasteiger partial charge in [-0.05, 0) is 24.8 Å². The molecule has 2 rings (SSSR count). The fourth-order valence-electron chi connectivity index (χ4n) is 2.00. The molecule has 98 valence electrons. The van der Waals surface area contributed by atoms with Crippen molar-refractivity contribution in [2.24, 2.45) is 5.92 Å². The van der Waals surface area contributed by atoms with Crippen molar-refractivity contribution in [2.45, 2.75) is 38.6 Å². The van der Waals surface area contributed by atoms with Crippen LogP contribution in [0.4, 0.5) is 17.3 Å². The van der Waals surface area contributed by atoms with Gasteiger partial charge in [-0.15, -0.1) is 0 Å². The highest BCUT2D eigenvalue weighted by Gasteiger charge is 2.25. The lowest BCUT2D eigenvalue weighted by Crippen LogP contribution is -2.20. The number of anilines is 2. The molecule has 6 nitrogen and oxygen atoms in total. The van der Waals surface area contributed by atoms with E-state index in [1.54, 1.807) is 6.07 Å². The minimum absolute atomic E-state index is 0.0359. The van der Waals surface area contributed by atoms with Gasteiger partial charge in [0.15, 0.2) is 0 Å². The van der Waals surface area contributed by atoms with Crippen LogP contribution in [0.2, 0.25) is 0 Å². The molecule has 0 radical (unpaired) electrons. The zero-order valence-corrected chi connectivity index (χ0v) is 10.4. The van der Waals surface area contributed by atoms with E-state index in [0.29, 0.717) is 11.9 Å². The summed E-state index contributed by atoms with van der Waals surface area (Å²) in [5.41, 5.74) is 5.42. The molecular formula is C12H18N4O2. The largest absolute Gasteiger partial charge is 0.378 e. The molecule has 1 aromatic heterocycles. The molecule has 1 aromatic rings. The normalized spacial score (nSPS) is 16.3. The van der Waals surface area contributed by atoms with Crippen molar-refractivity contribution < 1.29 is 4.92 Å². The Morgan fingerprint density at radius 2 is 2.33 bits per heavy atom. The fourth-order valence-corrected chi connectivity index (χ4v) is 2.00. The molecule has 1 atom stereocenters. The maximum absolute atomic E-state index is 10.6. The van der Waals surface area contributed by atoms with Crippen LogP contribution in [0.1, 0.15) is 32.6 Å². The molecule has 6 heteroatoms. The summed E-state index contributed by atoms with van der Waals surface area (Å²) in [6.45, 7) is 2.12. The molecule has 0 bridgehead atoms. The molecule has 1 fully saturated rings. The second-order valence-corrected chi connectivity index (χ2v) is 4.79. The van der Waals surface area contributed by atoms with Crippen molar-refractivity contribution in [3.63, 3.8) is 0 Å². The maximum Gasteiger partial charge on any atom is 0.311 e. The smallest absolute Gasteiger partial charge is 0.311 e. The lowest BCUT2D eigenvalue weighted by molar-refractivity contribution is -0.384. The molecule has 0 amide bonds. The monoisotopic (exact) mass is 250 g/mol. The molecule has 1 heterocycles. The van der Waals surface area contributed by atoms with Crippen LogP contribution in [0, 0.1) is 16.0 Å². The van der Waals surface area contributed by atoms with Gasteiger partial charge in [-0.2, -0.15) is 0 Å². The number of hydrogen-bond donors (Lipinski definition) is 2. The third-order valence-electron chi connectivity index (χ3n) is 3.26. The Balaban J connectivity index is 2.03. The number of pyridine rings is 1. The molecule has 3 N–H and O–H groups in total. The van der Waals surface area contributed by atoms with Gasteiger partial charge in [-0.25, -0.2) is 4.98 Å². The molecule has 1 saturated carbocycles. The Labute approximate surface area is 106 Å². The van der Waals surface area contributed by atoms with Crippen LogP contribution >= 0.6 is 0 Å². The van der Waals surface area contributed by atoms with Crippen molar-refractivity contribution >= 4 is 17.3 Å².